The number of aryl methyl sites for hydroxylation is 1. The second kappa shape index (κ2) is 6.63. The molecule has 0 radical (unpaired) electrons. The Labute approximate surface area is 131 Å². The molecule has 0 aromatic heterocycles. The molecule has 22 heavy (non-hydrogen) atoms. The minimum absolute atomic E-state index is 0.581. The van der Waals surface area contributed by atoms with Crippen molar-refractivity contribution in [1.29, 1.82) is 0 Å². The summed E-state index contributed by atoms with van der Waals surface area (Å²) in [5.74, 6) is 0.936. The molecule has 0 fully saturated rings. The van der Waals surface area contributed by atoms with E-state index in [1.807, 2.05) is 0 Å². The van der Waals surface area contributed by atoms with Crippen LogP contribution in [0.2, 0.25) is 0 Å². The zero-order valence-electron chi connectivity index (χ0n) is 12.9. The Morgan fingerprint density at radius 1 is 0.955 bits per heavy atom. The molecule has 3 rings (SSSR count). The summed E-state index contributed by atoms with van der Waals surface area (Å²) >= 11 is 0. The SMILES string of the molecule is Cc1cccc(COc2ccc3ccccc3c2CCN)c1. The quantitative estimate of drug-likeness (QED) is 0.763. The lowest BCUT2D eigenvalue weighted by Gasteiger charge is -2.14. The molecule has 0 amide bonds. The van der Waals surface area contributed by atoms with Gasteiger partial charge in [0.1, 0.15) is 12.4 Å². The first-order valence-electron chi connectivity index (χ1n) is 7.67. The smallest absolute Gasteiger partial charge is 0.123 e. The van der Waals surface area contributed by atoms with Crippen LogP contribution >= 0.6 is 0 Å². The van der Waals surface area contributed by atoms with Gasteiger partial charge in [-0.15, -0.1) is 0 Å². The summed E-state index contributed by atoms with van der Waals surface area (Å²) in [4.78, 5) is 0. The van der Waals surface area contributed by atoms with Gasteiger partial charge in [0, 0.05) is 5.56 Å². The number of fused-ring (bicyclic) bond motifs is 1. The monoisotopic (exact) mass is 291 g/mol. The van der Waals surface area contributed by atoms with Crippen molar-refractivity contribution >= 4 is 10.8 Å². The van der Waals surface area contributed by atoms with Crippen molar-refractivity contribution in [1.82, 2.24) is 0 Å². The van der Waals surface area contributed by atoms with Gasteiger partial charge in [-0.2, -0.15) is 0 Å². The van der Waals surface area contributed by atoms with Gasteiger partial charge < -0.3 is 10.5 Å². The van der Waals surface area contributed by atoms with Crippen LogP contribution in [-0.2, 0) is 13.0 Å². The first-order valence-corrected chi connectivity index (χ1v) is 7.67. The second-order valence-electron chi connectivity index (χ2n) is 5.58. The average molecular weight is 291 g/mol. The molecule has 3 aromatic rings. The largest absolute Gasteiger partial charge is 0.489 e. The fourth-order valence-electron chi connectivity index (χ4n) is 2.82. The standard InChI is InChI=1S/C20H21NO/c1-15-5-4-6-16(13-15)14-22-20-10-9-17-7-2-3-8-18(17)19(20)11-12-21/h2-10,13H,11-12,14,21H2,1H3. The van der Waals surface area contributed by atoms with Gasteiger partial charge in [0.15, 0.2) is 0 Å². The molecular weight excluding hydrogens is 270 g/mol. The molecular formula is C20H21NO. The van der Waals surface area contributed by atoms with Gasteiger partial charge in [-0.3, -0.25) is 0 Å². The number of hydrogen-bond donors (Lipinski definition) is 1. The van der Waals surface area contributed by atoms with E-state index in [1.165, 1.54) is 27.5 Å². The highest BCUT2D eigenvalue weighted by Gasteiger charge is 2.08. The van der Waals surface area contributed by atoms with Crippen molar-refractivity contribution in [3.63, 3.8) is 0 Å². The number of nitrogens with two attached hydrogens (primary N) is 1. The normalized spacial score (nSPS) is 10.8. The molecule has 0 spiro atoms. The van der Waals surface area contributed by atoms with Crippen molar-refractivity contribution in [3.8, 4) is 5.75 Å². The van der Waals surface area contributed by atoms with Crippen LogP contribution in [0.1, 0.15) is 16.7 Å². The Morgan fingerprint density at radius 3 is 2.64 bits per heavy atom. The zero-order valence-corrected chi connectivity index (χ0v) is 12.9. The summed E-state index contributed by atoms with van der Waals surface area (Å²) in [6, 6.07) is 21.0. The molecule has 2 nitrogen and oxygen atoms in total. The van der Waals surface area contributed by atoms with E-state index in [-0.39, 0.29) is 0 Å². The maximum Gasteiger partial charge on any atom is 0.123 e. The first-order chi connectivity index (χ1) is 10.8. The summed E-state index contributed by atoms with van der Waals surface area (Å²) in [5, 5.41) is 2.46. The topological polar surface area (TPSA) is 35.2 Å². The van der Waals surface area contributed by atoms with Crippen LogP contribution in [0.4, 0.5) is 0 Å². The van der Waals surface area contributed by atoms with Gasteiger partial charge in [-0.1, -0.05) is 60.2 Å². The predicted molar refractivity (Wildman–Crippen MR) is 92.2 cm³/mol. The Bertz CT molecular complexity index is 780. The molecule has 2 N–H and O–H groups in total. The third-order valence-corrected chi connectivity index (χ3v) is 3.87. The Hall–Kier alpha value is -2.32. The average Bonchev–Trinajstić information content (AvgIpc) is 2.54. The number of benzene rings is 3. The van der Waals surface area contributed by atoms with Crippen LogP contribution in [0.5, 0.6) is 5.75 Å². The van der Waals surface area contributed by atoms with Gasteiger partial charge in [-0.25, -0.2) is 0 Å². The zero-order chi connectivity index (χ0) is 15.4. The van der Waals surface area contributed by atoms with E-state index in [0.717, 1.165) is 12.2 Å². The number of rotatable bonds is 5. The minimum Gasteiger partial charge on any atom is -0.489 e. The van der Waals surface area contributed by atoms with Crippen LogP contribution < -0.4 is 10.5 Å². The third kappa shape index (κ3) is 3.12. The molecule has 0 unspecified atom stereocenters. The van der Waals surface area contributed by atoms with Gasteiger partial charge in [-0.05, 0) is 42.3 Å². The molecule has 3 aromatic carbocycles. The molecule has 0 aliphatic carbocycles. The van der Waals surface area contributed by atoms with Crippen molar-refractivity contribution in [2.24, 2.45) is 5.73 Å². The van der Waals surface area contributed by atoms with E-state index in [4.69, 9.17) is 10.5 Å². The van der Waals surface area contributed by atoms with E-state index in [2.05, 4.69) is 67.6 Å². The van der Waals surface area contributed by atoms with Gasteiger partial charge in [0.2, 0.25) is 0 Å². The van der Waals surface area contributed by atoms with E-state index < -0.39 is 0 Å². The van der Waals surface area contributed by atoms with E-state index >= 15 is 0 Å². The van der Waals surface area contributed by atoms with Crippen LogP contribution in [0, 0.1) is 6.92 Å². The van der Waals surface area contributed by atoms with Crippen molar-refractivity contribution < 1.29 is 4.74 Å². The number of ether oxygens (including phenoxy) is 1. The lowest BCUT2D eigenvalue weighted by atomic mass is 10.0. The summed E-state index contributed by atoms with van der Waals surface area (Å²) < 4.78 is 6.08. The van der Waals surface area contributed by atoms with E-state index in [0.29, 0.717) is 13.2 Å². The Morgan fingerprint density at radius 2 is 1.82 bits per heavy atom. The molecule has 2 heteroatoms. The summed E-state index contributed by atoms with van der Waals surface area (Å²) in [7, 11) is 0. The Balaban J connectivity index is 1.91. The molecule has 0 saturated carbocycles. The van der Waals surface area contributed by atoms with Crippen LogP contribution in [0.3, 0.4) is 0 Å². The van der Waals surface area contributed by atoms with Gasteiger partial charge in [0.25, 0.3) is 0 Å². The fourth-order valence-corrected chi connectivity index (χ4v) is 2.82. The molecule has 0 bridgehead atoms. The van der Waals surface area contributed by atoms with Gasteiger partial charge >= 0.3 is 0 Å². The molecule has 0 heterocycles. The molecule has 0 aliphatic rings. The van der Waals surface area contributed by atoms with Crippen molar-refractivity contribution in [3.05, 3.63) is 77.4 Å². The van der Waals surface area contributed by atoms with Crippen LogP contribution in [0.15, 0.2) is 60.7 Å². The van der Waals surface area contributed by atoms with Crippen LogP contribution in [0.25, 0.3) is 10.8 Å². The lowest BCUT2D eigenvalue weighted by molar-refractivity contribution is 0.303. The fraction of sp³-hybridized carbons (Fsp3) is 0.200. The molecule has 0 aliphatic heterocycles. The maximum absolute atomic E-state index is 6.08. The van der Waals surface area contributed by atoms with E-state index in [1.54, 1.807) is 0 Å². The van der Waals surface area contributed by atoms with E-state index in [9.17, 15) is 0 Å². The highest BCUT2D eigenvalue weighted by Crippen LogP contribution is 2.29. The van der Waals surface area contributed by atoms with Gasteiger partial charge in [0.05, 0.1) is 0 Å². The summed E-state index contributed by atoms with van der Waals surface area (Å²) in [6.07, 6.45) is 0.824. The maximum atomic E-state index is 6.08. The molecule has 112 valence electrons. The minimum atomic E-state index is 0.581. The predicted octanol–water partition coefficient (Wildman–Crippen LogP) is 4.23. The highest BCUT2D eigenvalue weighted by molar-refractivity contribution is 5.87. The molecule has 0 saturated heterocycles. The Kier molecular flexibility index (Phi) is 4.40. The highest BCUT2D eigenvalue weighted by atomic mass is 16.5. The van der Waals surface area contributed by atoms with Crippen molar-refractivity contribution in [2.45, 2.75) is 20.0 Å². The lowest BCUT2D eigenvalue weighted by Crippen LogP contribution is -2.06. The van der Waals surface area contributed by atoms with Crippen molar-refractivity contribution in [2.75, 3.05) is 6.54 Å². The second-order valence-corrected chi connectivity index (χ2v) is 5.58. The summed E-state index contributed by atoms with van der Waals surface area (Å²) in [5.41, 5.74) is 9.43. The first kappa shape index (κ1) is 14.6. The third-order valence-electron chi connectivity index (χ3n) is 3.87. The van der Waals surface area contributed by atoms with Crippen LogP contribution in [-0.4, -0.2) is 6.54 Å². The molecule has 0 atom stereocenters. The summed E-state index contributed by atoms with van der Waals surface area (Å²) in [6.45, 7) is 3.30. The number of hydrogen-bond acceptors (Lipinski definition) is 2.